The number of anilines is 1. The van der Waals surface area contributed by atoms with Gasteiger partial charge in [-0.1, -0.05) is 0 Å². The van der Waals surface area contributed by atoms with Crippen LogP contribution in [0.25, 0.3) is 0 Å². The number of halogens is 1. The molecular weight excluding hydrogens is 267 g/mol. The Hall–Kier alpha value is -1.81. The first kappa shape index (κ1) is 14.1. The lowest BCUT2D eigenvalue weighted by molar-refractivity contribution is 0.503. The molecular formula is C17H21FN2O. The van der Waals surface area contributed by atoms with E-state index in [9.17, 15) is 4.39 Å². The van der Waals surface area contributed by atoms with Crippen LogP contribution in [0, 0.1) is 5.82 Å². The molecule has 0 amide bonds. The Kier molecular flexibility index (Phi) is 4.25. The number of furan rings is 1. The van der Waals surface area contributed by atoms with Gasteiger partial charge in [0, 0.05) is 24.8 Å². The minimum atomic E-state index is -0.180. The standard InChI is InChI=1S/C17H21FN2O/c1-2-20(12-16-4-3-9-21-16)17-8-5-14(18)10-13(17)11-19-15-6-7-15/h3-5,8-10,15,19H,2,6-7,11-12H2,1H3. The van der Waals surface area contributed by atoms with E-state index in [1.165, 1.54) is 18.9 Å². The molecule has 0 unspecified atom stereocenters. The molecule has 0 saturated heterocycles. The zero-order valence-corrected chi connectivity index (χ0v) is 12.3. The minimum absolute atomic E-state index is 0.180. The summed E-state index contributed by atoms with van der Waals surface area (Å²) in [4.78, 5) is 2.21. The monoisotopic (exact) mass is 288 g/mol. The van der Waals surface area contributed by atoms with Crippen LogP contribution < -0.4 is 10.2 Å². The van der Waals surface area contributed by atoms with Crippen LogP contribution in [-0.2, 0) is 13.1 Å². The van der Waals surface area contributed by atoms with Crippen molar-refractivity contribution in [1.29, 1.82) is 0 Å². The van der Waals surface area contributed by atoms with Crippen molar-refractivity contribution >= 4 is 5.69 Å². The summed E-state index contributed by atoms with van der Waals surface area (Å²) in [5, 5.41) is 3.46. The van der Waals surface area contributed by atoms with Crippen molar-refractivity contribution in [1.82, 2.24) is 5.32 Å². The van der Waals surface area contributed by atoms with Crippen LogP contribution in [0.3, 0.4) is 0 Å². The van der Waals surface area contributed by atoms with Crippen LogP contribution in [0.4, 0.5) is 10.1 Å². The fourth-order valence-electron chi connectivity index (χ4n) is 2.50. The van der Waals surface area contributed by atoms with E-state index in [4.69, 9.17) is 4.42 Å². The topological polar surface area (TPSA) is 28.4 Å². The van der Waals surface area contributed by atoms with E-state index >= 15 is 0 Å². The second-order valence-corrected chi connectivity index (χ2v) is 5.52. The predicted octanol–water partition coefficient (Wildman–Crippen LogP) is 3.70. The summed E-state index contributed by atoms with van der Waals surface area (Å²) in [5.74, 6) is 0.739. The molecule has 21 heavy (non-hydrogen) atoms. The molecule has 1 fully saturated rings. The summed E-state index contributed by atoms with van der Waals surface area (Å²) >= 11 is 0. The van der Waals surface area contributed by atoms with Gasteiger partial charge in [0.1, 0.15) is 11.6 Å². The molecule has 1 saturated carbocycles. The number of rotatable bonds is 7. The average Bonchev–Trinajstić information content (AvgIpc) is 3.18. The quantitative estimate of drug-likeness (QED) is 0.842. The first-order valence-corrected chi connectivity index (χ1v) is 7.55. The maximum absolute atomic E-state index is 13.6. The van der Waals surface area contributed by atoms with Gasteiger partial charge in [0.2, 0.25) is 0 Å². The van der Waals surface area contributed by atoms with E-state index in [-0.39, 0.29) is 5.82 Å². The second kappa shape index (κ2) is 6.31. The summed E-state index contributed by atoms with van der Waals surface area (Å²) in [6.07, 6.45) is 4.15. The van der Waals surface area contributed by atoms with Gasteiger partial charge < -0.3 is 14.6 Å². The van der Waals surface area contributed by atoms with Crippen molar-refractivity contribution in [3.63, 3.8) is 0 Å². The minimum Gasteiger partial charge on any atom is -0.467 e. The van der Waals surface area contributed by atoms with E-state index < -0.39 is 0 Å². The largest absolute Gasteiger partial charge is 0.467 e. The highest BCUT2D eigenvalue weighted by Gasteiger charge is 2.21. The van der Waals surface area contributed by atoms with Gasteiger partial charge in [-0.25, -0.2) is 4.39 Å². The SMILES string of the molecule is CCN(Cc1ccco1)c1ccc(F)cc1CNC1CC1. The lowest BCUT2D eigenvalue weighted by Crippen LogP contribution is -2.25. The molecule has 3 nitrogen and oxygen atoms in total. The van der Waals surface area contributed by atoms with Gasteiger partial charge in [0.15, 0.2) is 0 Å². The van der Waals surface area contributed by atoms with E-state index in [0.717, 1.165) is 23.6 Å². The van der Waals surface area contributed by atoms with E-state index in [1.807, 2.05) is 18.2 Å². The second-order valence-electron chi connectivity index (χ2n) is 5.52. The van der Waals surface area contributed by atoms with Crippen LogP contribution in [0.15, 0.2) is 41.0 Å². The Morgan fingerprint density at radius 3 is 2.86 bits per heavy atom. The van der Waals surface area contributed by atoms with Crippen molar-refractivity contribution in [3.8, 4) is 0 Å². The van der Waals surface area contributed by atoms with E-state index in [0.29, 0.717) is 19.1 Å². The molecule has 0 spiro atoms. The maximum Gasteiger partial charge on any atom is 0.123 e. The molecule has 112 valence electrons. The van der Waals surface area contributed by atoms with Gasteiger partial charge in [0.25, 0.3) is 0 Å². The fourth-order valence-corrected chi connectivity index (χ4v) is 2.50. The van der Waals surface area contributed by atoms with E-state index in [2.05, 4.69) is 17.1 Å². The van der Waals surface area contributed by atoms with Gasteiger partial charge >= 0.3 is 0 Å². The predicted molar refractivity (Wildman–Crippen MR) is 81.7 cm³/mol. The number of benzene rings is 1. The summed E-state index contributed by atoms with van der Waals surface area (Å²) < 4.78 is 19.0. The third-order valence-corrected chi connectivity index (χ3v) is 3.85. The highest BCUT2D eigenvalue weighted by Crippen LogP contribution is 2.26. The van der Waals surface area contributed by atoms with Crippen molar-refractivity contribution in [2.75, 3.05) is 11.4 Å². The molecule has 1 heterocycles. The Labute approximate surface area is 124 Å². The molecule has 3 rings (SSSR count). The molecule has 1 aromatic carbocycles. The third kappa shape index (κ3) is 3.64. The molecule has 0 bridgehead atoms. The molecule has 0 radical (unpaired) electrons. The van der Waals surface area contributed by atoms with Crippen molar-refractivity contribution in [3.05, 3.63) is 53.7 Å². The van der Waals surface area contributed by atoms with Crippen LogP contribution in [0.5, 0.6) is 0 Å². The summed E-state index contributed by atoms with van der Waals surface area (Å²) in [6, 6.07) is 9.50. The molecule has 1 aromatic heterocycles. The smallest absolute Gasteiger partial charge is 0.123 e. The molecule has 1 N–H and O–H groups in total. The Morgan fingerprint density at radius 1 is 1.33 bits per heavy atom. The molecule has 0 atom stereocenters. The number of nitrogens with zero attached hydrogens (tertiary/aromatic N) is 1. The van der Waals surface area contributed by atoms with Gasteiger partial charge in [0.05, 0.1) is 12.8 Å². The lowest BCUT2D eigenvalue weighted by atomic mass is 10.1. The van der Waals surface area contributed by atoms with Crippen LogP contribution >= 0.6 is 0 Å². The normalized spacial score (nSPS) is 14.4. The lowest BCUT2D eigenvalue weighted by Gasteiger charge is -2.25. The van der Waals surface area contributed by atoms with Crippen LogP contribution in [-0.4, -0.2) is 12.6 Å². The first-order valence-electron chi connectivity index (χ1n) is 7.55. The molecule has 4 heteroatoms. The van der Waals surface area contributed by atoms with Crippen molar-refractivity contribution in [2.24, 2.45) is 0 Å². The highest BCUT2D eigenvalue weighted by molar-refractivity contribution is 5.54. The summed E-state index contributed by atoms with van der Waals surface area (Å²) in [7, 11) is 0. The van der Waals surface area contributed by atoms with Crippen LogP contribution in [0.1, 0.15) is 31.1 Å². The van der Waals surface area contributed by atoms with Gasteiger partial charge in [-0.05, 0) is 55.7 Å². The zero-order valence-electron chi connectivity index (χ0n) is 12.3. The summed E-state index contributed by atoms with van der Waals surface area (Å²) in [6.45, 7) is 4.37. The van der Waals surface area contributed by atoms with Crippen LogP contribution in [0.2, 0.25) is 0 Å². The molecule has 1 aliphatic carbocycles. The zero-order chi connectivity index (χ0) is 14.7. The molecule has 0 aliphatic heterocycles. The first-order chi connectivity index (χ1) is 10.3. The number of hydrogen-bond donors (Lipinski definition) is 1. The molecule has 1 aliphatic rings. The fraction of sp³-hybridized carbons (Fsp3) is 0.412. The van der Waals surface area contributed by atoms with Crippen molar-refractivity contribution < 1.29 is 8.81 Å². The maximum atomic E-state index is 13.6. The van der Waals surface area contributed by atoms with E-state index in [1.54, 1.807) is 12.3 Å². The van der Waals surface area contributed by atoms with Gasteiger partial charge in [-0.2, -0.15) is 0 Å². The number of nitrogens with one attached hydrogen (secondary N) is 1. The van der Waals surface area contributed by atoms with Gasteiger partial charge in [-0.3, -0.25) is 0 Å². The Bertz CT molecular complexity index is 578. The third-order valence-electron chi connectivity index (χ3n) is 3.85. The van der Waals surface area contributed by atoms with Gasteiger partial charge in [-0.15, -0.1) is 0 Å². The highest BCUT2D eigenvalue weighted by atomic mass is 19.1. The van der Waals surface area contributed by atoms with Crippen molar-refractivity contribution in [2.45, 2.75) is 38.9 Å². The summed E-state index contributed by atoms with van der Waals surface area (Å²) in [5.41, 5.74) is 2.08. The molecule has 2 aromatic rings. The Morgan fingerprint density at radius 2 is 2.19 bits per heavy atom. The average molecular weight is 288 g/mol. The Balaban J connectivity index is 1.79. The number of hydrogen-bond acceptors (Lipinski definition) is 3.